The molecule has 1 aromatic carbocycles. The van der Waals surface area contributed by atoms with E-state index < -0.39 is 0 Å². The zero-order chi connectivity index (χ0) is 8.65. The van der Waals surface area contributed by atoms with Crippen molar-refractivity contribution in [2.75, 3.05) is 0 Å². The van der Waals surface area contributed by atoms with Crippen LogP contribution in [0.25, 0.3) is 6.08 Å². The predicted octanol–water partition coefficient (Wildman–Crippen LogP) is 2.91. The number of rotatable bonds is 3. The summed E-state index contributed by atoms with van der Waals surface area (Å²) in [6, 6.07) is 10.1. The molecule has 0 amide bonds. The van der Waals surface area contributed by atoms with Crippen molar-refractivity contribution in [3.8, 4) is 0 Å². The van der Waals surface area contributed by atoms with Gasteiger partial charge in [0, 0.05) is 12.4 Å². The van der Waals surface area contributed by atoms with Crippen molar-refractivity contribution < 1.29 is 0 Å². The number of aliphatic imine (C=N–C) groups is 1. The van der Waals surface area contributed by atoms with Crippen LogP contribution >= 0.6 is 0 Å². The average molecular weight is 157 g/mol. The van der Waals surface area contributed by atoms with Crippen molar-refractivity contribution in [3.05, 3.63) is 54.8 Å². The summed E-state index contributed by atoms with van der Waals surface area (Å²) in [5.41, 5.74) is 1.17. The minimum Gasteiger partial charge on any atom is -0.265 e. The van der Waals surface area contributed by atoms with Crippen LogP contribution in [-0.2, 0) is 0 Å². The predicted molar refractivity (Wildman–Crippen MR) is 54.2 cm³/mol. The molecule has 60 valence electrons. The second-order valence-corrected chi connectivity index (χ2v) is 2.25. The Kier molecular flexibility index (Phi) is 3.58. The van der Waals surface area contributed by atoms with Crippen LogP contribution in [0.1, 0.15) is 5.56 Å². The minimum absolute atomic E-state index is 1.17. The SMILES string of the molecule is C=CN=C/C=C/c1ccccc1. The first-order chi connectivity index (χ1) is 5.93. The Morgan fingerprint density at radius 1 is 1.17 bits per heavy atom. The van der Waals surface area contributed by atoms with E-state index >= 15 is 0 Å². The smallest absolute Gasteiger partial charge is 0.0267 e. The summed E-state index contributed by atoms with van der Waals surface area (Å²) < 4.78 is 0. The van der Waals surface area contributed by atoms with Gasteiger partial charge in [-0.15, -0.1) is 0 Å². The summed E-state index contributed by atoms with van der Waals surface area (Å²) in [5.74, 6) is 0. The molecule has 0 atom stereocenters. The summed E-state index contributed by atoms with van der Waals surface area (Å²) in [6.45, 7) is 3.47. The lowest BCUT2D eigenvalue weighted by atomic mass is 10.2. The van der Waals surface area contributed by atoms with Crippen LogP contribution in [0.3, 0.4) is 0 Å². The summed E-state index contributed by atoms with van der Waals surface area (Å²) in [7, 11) is 0. The van der Waals surface area contributed by atoms with Gasteiger partial charge in [0.1, 0.15) is 0 Å². The maximum Gasteiger partial charge on any atom is 0.0267 e. The lowest BCUT2D eigenvalue weighted by Gasteiger charge is -1.87. The largest absolute Gasteiger partial charge is 0.265 e. The zero-order valence-electron chi connectivity index (χ0n) is 6.85. The van der Waals surface area contributed by atoms with Gasteiger partial charge in [-0.25, -0.2) is 0 Å². The van der Waals surface area contributed by atoms with E-state index in [0.717, 1.165) is 0 Å². The summed E-state index contributed by atoms with van der Waals surface area (Å²) in [5, 5.41) is 0. The highest BCUT2D eigenvalue weighted by Crippen LogP contribution is 1.99. The highest BCUT2D eigenvalue weighted by Gasteiger charge is 1.78. The van der Waals surface area contributed by atoms with Crippen LogP contribution in [0.4, 0.5) is 0 Å². The lowest BCUT2D eigenvalue weighted by Crippen LogP contribution is -1.68. The second-order valence-electron chi connectivity index (χ2n) is 2.25. The molecule has 0 saturated carbocycles. The highest BCUT2D eigenvalue weighted by molar-refractivity contribution is 5.78. The minimum atomic E-state index is 1.17. The van der Waals surface area contributed by atoms with Crippen molar-refractivity contribution in [1.29, 1.82) is 0 Å². The summed E-state index contributed by atoms with van der Waals surface area (Å²) in [4.78, 5) is 3.84. The van der Waals surface area contributed by atoms with Gasteiger partial charge in [-0.05, 0) is 11.6 Å². The van der Waals surface area contributed by atoms with Gasteiger partial charge in [0.2, 0.25) is 0 Å². The van der Waals surface area contributed by atoms with E-state index in [9.17, 15) is 0 Å². The van der Waals surface area contributed by atoms with Crippen LogP contribution in [0.15, 0.2) is 54.2 Å². The summed E-state index contributed by atoms with van der Waals surface area (Å²) in [6.07, 6.45) is 7.10. The molecule has 0 radical (unpaired) electrons. The number of hydrogen-bond acceptors (Lipinski definition) is 1. The van der Waals surface area contributed by atoms with E-state index in [0.29, 0.717) is 0 Å². The third-order valence-corrected chi connectivity index (χ3v) is 1.37. The molecule has 0 aliphatic heterocycles. The molecule has 0 bridgehead atoms. The van der Waals surface area contributed by atoms with Gasteiger partial charge >= 0.3 is 0 Å². The van der Waals surface area contributed by atoms with Crippen LogP contribution in [0, 0.1) is 0 Å². The molecule has 1 heteroatoms. The molecule has 0 aromatic heterocycles. The van der Waals surface area contributed by atoms with Gasteiger partial charge in [-0.2, -0.15) is 0 Å². The van der Waals surface area contributed by atoms with Crippen LogP contribution in [0.2, 0.25) is 0 Å². The van der Waals surface area contributed by atoms with Crippen molar-refractivity contribution in [1.82, 2.24) is 0 Å². The Balaban J connectivity index is 2.58. The Labute approximate surface area is 72.8 Å². The third-order valence-electron chi connectivity index (χ3n) is 1.37. The fraction of sp³-hybridized carbons (Fsp3) is 0. The Morgan fingerprint density at radius 2 is 1.92 bits per heavy atom. The number of nitrogens with zero attached hydrogens (tertiary/aromatic N) is 1. The molecule has 0 aliphatic rings. The van der Waals surface area contributed by atoms with E-state index in [2.05, 4.69) is 11.6 Å². The van der Waals surface area contributed by atoms with Crippen molar-refractivity contribution in [2.24, 2.45) is 4.99 Å². The van der Waals surface area contributed by atoms with Gasteiger partial charge in [-0.1, -0.05) is 43.0 Å². The second kappa shape index (κ2) is 5.08. The molecule has 0 aliphatic carbocycles. The molecule has 0 saturated heterocycles. The van der Waals surface area contributed by atoms with E-state index in [4.69, 9.17) is 0 Å². The molecule has 1 nitrogen and oxygen atoms in total. The third kappa shape index (κ3) is 2.97. The van der Waals surface area contributed by atoms with Gasteiger partial charge in [0.25, 0.3) is 0 Å². The zero-order valence-corrected chi connectivity index (χ0v) is 6.85. The topological polar surface area (TPSA) is 12.4 Å². The Morgan fingerprint density at radius 3 is 2.58 bits per heavy atom. The molecule has 0 unspecified atom stereocenters. The molecular weight excluding hydrogens is 146 g/mol. The quantitative estimate of drug-likeness (QED) is 0.598. The standard InChI is InChI=1S/C11H11N/c1-2-12-10-6-9-11-7-4-3-5-8-11/h2-10H,1H2/b9-6+,12-10?. The normalized spacial score (nSPS) is 11.0. The number of allylic oxidation sites excluding steroid dienone is 1. The average Bonchev–Trinajstić information content (AvgIpc) is 2.14. The van der Waals surface area contributed by atoms with Crippen LogP contribution < -0.4 is 0 Å². The van der Waals surface area contributed by atoms with Crippen molar-refractivity contribution in [2.45, 2.75) is 0 Å². The molecule has 1 rings (SSSR count). The van der Waals surface area contributed by atoms with Gasteiger partial charge in [0.05, 0.1) is 0 Å². The van der Waals surface area contributed by atoms with Gasteiger partial charge < -0.3 is 0 Å². The van der Waals surface area contributed by atoms with E-state index in [1.807, 2.05) is 42.5 Å². The van der Waals surface area contributed by atoms with E-state index in [1.54, 1.807) is 6.21 Å². The van der Waals surface area contributed by atoms with Gasteiger partial charge in [-0.3, -0.25) is 4.99 Å². The molecule has 0 N–H and O–H groups in total. The van der Waals surface area contributed by atoms with Crippen LogP contribution in [-0.4, -0.2) is 6.21 Å². The molecule has 0 spiro atoms. The van der Waals surface area contributed by atoms with E-state index in [1.165, 1.54) is 11.8 Å². The van der Waals surface area contributed by atoms with Crippen LogP contribution in [0.5, 0.6) is 0 Å². The molecule has 12 heavy (non-hydrogen) atoms. The molecule has 0 fully saturated rings. The molecule has 1 aromatic rings. The van der Waals surface area contributed by atoms with Crippen molar-refractivity contribution >= 4 is 12.3 Å². The number of benzene rings is 1. The van der Waals surface area contributed by atoms with Gasteiger partial charge in [0.15, 0.2) is 0 Å². The fourth-order valence-electron chi connectivity index (χ4n) is 0.829. The monoisotopic (exact) mass is 157 g/mol. The maximum atomic E-state index is 3.84. The summed E-state index contributed by atoms with van der Waals surface area (Å²) >= 11 is 0. The molecule has 0 heterocycles. The first kappa shape index (κ1) is 8.47. The number of hydrogen-bond donors (Lipinski definition) is 0. The lowest BCUT2D eigenvalue weighted by molar-refractivity contribution is 1.62. The maximum absolute atomic E-state index is 3.84. The Hall–Kier alpha value is -1.63. The van der Waals surface area contributed by atoms with Crippen molar-refractivity contribution in [3.63, 3.8) is 0 Å². The van der Waals surface area contributed by atoms with E-state index in [-0.39, 0.29) is 0 Å². The highest BCUT2D eigenvalue weighted by atomic mass is 14.6. The first-order valence-electron chi connectivity index (χ1n) is 3.79. The fourth-order valence-corrected chi connectivity index (χ4v) is 0.829. The Bertz CT molecular complexity index is 283. The molecular formula is C11H11N. The first-order valence-corrected chi connectivity index (χ1v) is 3.79.